The third kappa shape index (κ3) is 5.22. The Kier molecular flexibility index (Phi) is 5.73. The Labute approximate surface area is 142 Å². The van der Waals surface area contributed by atoms with Gasteiger partial charge < -0.3 is 15.4 Å². The summed E-state index contributed by atoms with van der Waals surface area (Å²) >= 11 is 0. The number of rotatable bonds is 6. The van der Waals surface area contributed by atoms with Gasteiger partial charge in [-0.25, -0.2) is 9.97 Å². The summed E-state index contributed by atoms with van der Waals surface area (Å²) < 4.78 is 5.30. The van der Waals surface area contributed by atoms with Gasteiger partial charge in [0, 0.05) is 24.5 Å². The predicted molar refractivity (Wildman–Crippen MR) is 94.4 cm³/mol. The monoisotopic (exact) mass is 328 g/mol. The van der Waals surface area contributed by atoms with Crippen LogP contribution in [0.25, 0.3) is 0 Å². The van der Waals surface area contributed by atoms with Crippen LogP contribution in [-0.2, 0) is 6.42 Å². The third-order valence-electron chi connectivity index (χ3n) is 3.27. The molecule has 1 heterocycles. The molecule has 1 aromatic carbocycles. The minimum Gasteiger partial charge on any atom is -0.496 e. The molecule has 0 unspecified atom stereocenters. The number of nitrogens with one attached hydrogen (secondary N) is 2. The summed E-state index contributed by atoms with van der Waals surface area (Å²) in [5, 5.41) is 6.03. The summed E-state index contributed by atoms with van der Waals surface area (Å²) in [6.45, 7) is 6.58. The summed E-state index contributed by atoms with van der Waals surface area (Å²) in [7, 11) is 1.64. The van der Waals surface area contributed by atoms with E-state index in [0.717, 1.165) is 11.3 Å². The molecule has 0 spiro atoms. The van der Waals surface area contributed by atoms with Crippen LogP contribution >= 0.6 is 0 Å². The fraction of sp³-hybridized carbons (Fsp3) is 0.389. The highest BCUT2D eigenvalue weighted by Gasteiger charge is 2.12. The second kappa shape index (κ2) is 7.77. The van der Waals surface area contributed by atoms with E-state index < -0.39 is 0 Å². The molecular weight excluding hydrogens is 304 g/mol. The molecule has 2 rings (SSSR count). The smallest absolute Gasteiger partial charge is 0.254 e. The molecule has 2 N–H and O–H groups in total. The van der Waals surface area contributed by atoms with Gasteiger partial charge in [0.1, 0.15) is 5.75 Å². The molecular formula is C18H24N4O2. The standard InChI is InChI=1S/C18H24N4O2/c1-18(2,3)22-17-20-11-14(12-21-17)16(23)19-10-9-13-7-5-6-8-15(13)24-4/h5-8,11-12H,9-10H2,1-4H3,(H,19,23)(H,20,21,22). The molecule has 2 aromatic rings. The largest absolute Gasteiger partial charge is 0.496 e. The van der Waals surface area contributed by atoms with Gasteiger partial charge in [-0.1, -0.05) is 18.2 Å². The van der Waals surface area contributed by atoms with Crippen molar-refractivity contribution in [1.82, 2.24) is 15.3 Å². The number of benzene rings is 1. The van der Waals surface area contributed by atoms with Gasteiger partial charge in [0.15, 0.2) is 0 Å². The van der Waals surface area contributed by atoms with Crippen molar-refractivity contribution in [3.8, 4) is 5.75 Å². The van der Waals surface area contributed by atoms with Crippen LogP contribution in [0.3, 0.4) is 0 Å². The fourth-order valence-electron chi connectivity index (χ4n) is 2.17. The van der Waals surface area contributed by atoms with Crippen molar-refractivity contribution >= 4 is 11.9 Å². The first-order valence-corrected chi connectivity index (χ1v) is 7.89. The van der Waals surface area contributed by atoms with E-state index in [2.05, 4.69) is 20.6 Å². The minimum absolute atomic E-state index is 0.126. The Bertz CT molecular complexity index is 678. The van der Waals surface area contributed by atoms with E-state index in [1.54, 1.807) is 7.11 Å². The van der Waals surface area contributed by atoms with Gasteiger partial charge in [0.25, 0.3) is 5.91 Å². The van der Waals surface area contributed by atoms with Gasteiger partial charge in [-0.3, -0.25) is 4.79 Å². The van der Waals surface area contributed by atoms with Crippen LogP contribution in [-0.4, -0.2) is 35.1 Å². The maximum Gasteiger partial charge on any atom is 0.254 e. The predicted octanol–water partition coefficient (Wildman–Crippen LogP) is 2.67. The van der Waals surface area contributed by atoms with Crippen LogP contribution < -0.4 is 15.4 Å². The number of aromatic nitrogens is 2. The van der Waals surface area contributed by atoms with Gasteiger partial charge in [0.05, 0.1) is 12.7 Å². The minimum atomic E-state index is -0.188. The molecule has 0 aliphatic heterocycles. The summed E-state index contributed by atoms with van der Waals surface area (Å²) in [6, 6.07) is 7.77. The maximum atomic E-state index is 12.1. The van der Waals surface area contributed by atoms with E-state index in [1.807, 2.05) is 45.0 Å². The lowest BCUT2D eigenvalue weighted by Gasteiger charge is -2.20. The lowest BCUT2D eigenvalue weighted by atomic mass is 10.1. The second-order valence-electron chi connectivity index (χ2n) is 6.49. The lowest BCUT2D eigenvalue weighted by Crippen LogP contribution is -2.28. The first kappa shape index (κ1) is 17.7. The summed E-state index contributed by atoms with van der Waals surface area (Å²) in [6.07, 6.45) is 3.75. The molecule has 6 nitrogen and oxygen atoms in total. The quantitative estimate of drug-likeness (QED) is 0.852. The second-order valence-corrected chi connectivity index (χ2v) is 6.49. The van der Waals surface area contributed by atoms with E-state index in [9.17, 15) is 4.79 Å². The first-order valence-electron chi connectivity index (χ1n) is 7.89. The van der Waals surface area contributed by atoms with Gasteiger partial charge in [-0.15, -0.1) is 0 Å². The molecule has 0 bridgehead atoms. The number of methoxy groups -OCH3 is 1. The zero-order valence-corrected chi connectivity index (χ0v) is 14.6. The number of ether oxygens (including phenoxy) is 1. The van der Waals surface area contributed by atoms with Crippen LogP contribution in [0.5, 0.6) is 5.75 Å². The van der Waals surface area contributed by atoms with Crippen molar-refractivity contribution in [2.45, 2.75) is 32.7 Å². The highest BCUT2D eigenvalue weighted by Crippen LogP contribution is 2.17. The zero-order valence-electron chi connectivity index (χ0n) is 14.6. The van der Waals surface area contributed by atoms with Crippen molar-refractivity contribution < 1.29 is 9.53 Å². The molecule has 0 saturated carbocycles. The number of carbonyl (C=O) groups is 1. The summed E-state index contributed by atoms with van der Waals surface area (Å²) in [4.78, 5) is 20.5. The van der Waals surface area contributed by atoms with Crippen LogP contribution in [0.1, 0.15) is 36.7 Å². The van der Waals surface area contributed by atoms with Gasteiger partial charge >= 0.3 is 0 Å². The van der Waals surface area contributed by atoms with E-state index >= 15 is 0 Å². The highest BCUT2D eigenvalue weighted by molar-refractivity contribution is 5.93. The van der Waals surface area contributed by atoms with Crippen molar-refractivity contribution in [2.75, 3.05) is 19.0 Å². The molecule has 1 amide bonds. The Hall–Kier alpha value is -2.63. The molecule has 0 aliphatic rings. The average molecular weight is 328 g/mol. The Balaban J connectivity index is 1.88. The van der Waals surface area contributed by atoms with E-state index in [0.29, 0.717) is 24.5 Å². The third-order valence-corrected chi connectivity index (χ3v) is 3.27. The molecule has 0 atom stereocenters. The summed E-state index contributed by atoms with van der Waals surface area (Å²) in [5.41, 5.74) is 1.37. The molecule has 0 fully saturated rings. The number of anilines is 1. The topological polar surface area (TPSA) is 76.1 Å². The molecule has 6 heteroatoms. The van der Waals surface area contributed by atoms with Crippen molar-refractivity contribution in [3.05, 3.63) is 47.8 Å². The molecule has 128 valence electrons. The number of hydrogen-bond acceptors (Lipinski definition) is 5. The lowest BCUT2D eigenvalue weighted by molar-refractivity contribution is 0.0953. The van der Waals surface area contributed by atoms with Crippen molar-refractivity contribution in [3.63, 3.8) is 0 Å². The van der Waals surface area contributed by atoms with E-state index in [1.165, 1.54) is 12.4 Å². The maximum absolute atomic E-state index is 12.1. The summed E-state index contributed by atoms with van der Waals surface area (Å²) in [5.74, 6) is 1.15. The van der Waals surface area contributed by atoms with Crippen LogP contribution in [0.15, 0.2) is 36.7 Å². The number of hydrogen-bond donors (Lipinski definition) is 2. The van der Waals surface area contributed by atoms with Gasteiger partial charge in [-0.05, 0) is 38.8 Å². The Morgan fingerprint density at radius 3 is 2.46 bits per heavy atom. The molecule has 24 heavy (non-hydrogen) atoms. The number of nitrogens with zero attached hydrogens (tertiary/aromatic N) is 2. The first-order chi connectivity index (χ1) is 11.4. The molecule has 1 aromatic heterocycles. The molecule has 0 aliphatic carbocycles. The van der Waals surface area contributed by atoms with Crippen LogP contribution in [0.4, 0.5) is 5.95 Å². The Morgan fingerprint density at radius 2 is 1.83 bits per heavy atom. The molecule has 0 saturated heterocycles. The van der Waals surface area contributed by atoms with Gasteiger partial charge in [0.2, 0.25) is 5.95 Å². The van der Waals surface area contributed by atoms with E-state index in [-0.39, 0.29) is 11.4 Å². The molecule has 0 radical (unpaired) electrons. The number of carbonyl (C=O) groups excluding carboxylic acids is 1. The normalized spacial score (nSPS) is 11.0. The highest BCUT2D eigenvalue weighted by atomic mass is 16.5. The zero-order chi connectivity index (χ0) is 17.6. The average Bonchev–Trinajstić information content (AvgIpc) is 2.54. The number of amides is 1. The Morgan fingerprint density at radius 1 is 1.17 bits per heavy atom. The van der Waals surface area contributed by atoms with Crippen molar-refractivity contribution in [2.24, 2.45) is 0 Å². The van der Waals surface area contributed by atoms with Crippen molar-refractivity contribution in [1.29, 1.82) is 0 Å². The fourth-order valence-corrected chi connectivity index (χ4v) is 2.17. The SMILES string of the molecule is COc1ccccc1CCNC(=O)c1cnc(NC(C)(C)C)nc1. The van der Waals surface area contributed by atoms with Gasteiger partial charge in [-0.2, -0.15) is 0 Å². The van der Waals surface area contributed by atoms with E-state index in [4.69, 9.17) is 4.74 Å². The van der Waals surface area contributed by atoms with Crippen LogP contribution in [0.2, 0.25) is 0 Å². The number of para-hydroxylation sites is 1. The van der Waals surface area contributed by atoms with Crippen LogP contribution in [0, 0.1) is 0 Å².